The topological polar surface area (TPSA) is 107 Å². The summed E-state index contributed by atoms with van der Waals surface area (Å²) >= 11 is 0. The molecule has 1 aliphatic carbocycles. The van der Waals surface area contributed by atoms with Gasteiger partial charge in [0.1, 0.15) is 6.33 Å². The van der Waals surface area contributed by atoms with Gasteiger partial charge in [-0.1, -0.05) is 12.8 Å². The second-order valence-corrected chi connectivity index (χ2v) is 5.29. The van der Waals surface area contributed by atoms with Gasteiger partial charge < -0.3 is 5.32 Å². The van der Waals surface area contributed by atoms with Crippen LogP contribution < -0.4 is 16.6 Å². The molecule has 0 aromatic carbocycles. The number of aromatic nitrogens is 5. The summed E-state index contributed by atoms with van der Waals surface area (Å²) in [6.07, 6.45) is 9.77. The van der Waals surface area contributed by atoms with Gasteiger partial charge in [0, 0.05) is 17.9 Å². The minimum Gasteiger partial charge on any atom is -0.349 e. The van der Waals surface area contributed by atoms with Crippen LogP contribution >= 0.6 is 0 Å². The van der Waals surface area contributed by atoms with Crippen LogP contribution in [0.15, 0.2) is 18.7 Å². The largest absolute Gasteiger partial charge is 0.349 e. The lowest BCUT2D eigenvalue weighted by molar-refractivity contribution is 0.527. The molecule has 0 bridgehead atoms. The number of rotatable bonds is 4. The minimum atomic E-state index is 0.0411. The number of nitrogens with one attached hydrogen (secondary N) is 2. The molecule has 106 valence electrons. The van der Waals surface area contributed by atoms with Gasteiger partial charge in [-0.15, -0.1) is 0 Å². The van der Waals surface area contributed by atoms with Gasteiger partial charge in [-0.2, -0.15) is 15.0 Å². The Bertz CT molecular complexity index is 573. The fourth-order valence-electron chi connectivity index (χ4n) is 2.53. The summed E-state index contributed by atoms with van der Waals surface area (Å²) in [7, 11) is 0. The van der Waals surface area contributed by atoms with Crippen molar-refractivity contribution in [3.63, 3.8) is 0 Å². The monoisotopic (exact) mass is 274 g/mol. The van der Waals surface area contributed by atoms with Crippen LogP contribution in [0.25, 0.3) is 5.95 Å². The third-order valence-electron chi connectivity index (χ3n) is 3.61. The number of nitrogens with zero attached hydrogens (tertiary/aromatic N) is 5. The van der Waals surface area contributed by atoms with Gasteiger partial charge in [0.2, 0.25) is 17.8 Å². The first-order valence-corrected chi connectivity index (χ1v) is 6.68. The van der Waals surface area contributed by atoms with E-state index in [0.717, 1.165) is 12.8 Å². The lowest BCUT2D eigenvalue weighted by Crippen LogP contribution is -2.32. The SMILES string of the molecule is CC1(Nc2nc(NN)nc(-n3ccnc3)n2)CCCC1. The van der Waals surface area contributed by atoms with E-state index in [2.05, 4.69) is 37.6 Å². The van der Waals surface area contributed by atoms with E-state index >= 15 is 0 Å². The Morgan fingerprint density at radius 3 is 2.60 bits per heavy atom. The molecule has 0 amide bonds. The summed E-state index contributed by atoms with van der Waals surface area (Å²) in [4.78, 5) is 16.9. The van der Waals surface area contributed by atoms with E-state index in [-0.39, 0.29) is 5.54 Å². The predicted octanol–water partition coefficient (Wildman–Crippen LogP) is 1.09. The molecule has 0 saturated heterocycles. The van der Waals surface area contributed by atoms with E-state index in [1.165, 1.54) is 12.8 Å². The molecule has 1 fully saturated rings. The van der Waals surface area contributed by atoms with Crippen molar-refractivity contribution >= 4 is 11.9 Å². The van der Waals surface area contributed by atoms with E-state index in [1.807, 2.05) is 0 Å². The lowest BCUT2D eigenvalue weighted by atomic mass is 10.0. The van der Waals surface area contributed by atoms with Crippen molar-refractivity contribution in [2.24, 2.45) is 5.84 Å². The van der Waals surface area contributed by atoms with Crippen LogP contribution in [0.2, 0.25) is 0 Å². The van der Waals surface area contributed by atoms with Gasteiger partial charge in [-0.25, -0.2) is 10.8 Å². The summed E-state index contributed by atoms with van der Waals surface area (Å²) in [5, 5.41) is 3.40. The second kappa shape index (κ2) is 5.04. The summed E-state index contributed by atoms with van der Waals surface area (Å²) < 4.78 is 1.71. The minimum absolute atomic E-state index is 0.0411. The van der Waals surface area contributed by atoms with E-state index in [1.54, 1.807) is 23.3 Å². The zero-order chi connectivity index (χ0) is 14.0. The standard InChI is InChI=1S/C12H18N8/c1-12(4-2-3-5-12)18-9-15-10(19-13)17-11(16-9)20-7-6-14-8-20/h6-8H,2-5,13H2,1H3,(H2,15,16,17,18,19). The van der Waals surface area contributed by atoms with Gasteiger partial charge in [0.15, 0.2) is 0 Å². The van der Waals surface area contributed by atoms with Crippen LogP contribution in [-0.4, -0.2) is 30.0 Å². The van der Waals surface area contributed by atoms with Crippen molar-refractivity contribution in [3.8, 4) is 5.95 Å². The molecule has 0 aliphatic heterocycles. The third kappa shape index (κ3) is 2.55. The van der Waals surface area contributed by atoms with E-state index in [4.69, 9.17) is 5.84 Å². The fourth-order valence-corrected chi connectivity index (χ4v) is 2.53. The molecular formula is C12H18N8. The molecule has 8 nitrogen and oxygen atoms in total. The quantitative estimate of drug-likeness (QED) is 0.566. The lowest BCUT2D eigenvalue weighted by Gasteiger charge is -2.25. The Labute approximate surface area is 116 Å². The number of nitrogen functional groups attached to an aromatic ring is 1. The van der Waals surface area contributed by atoms with Crippen molar-refractivity contribution in [2.75, 3.05) is 10.7 Å². The highest BCUT2D eigenvalue weighted by Gasteiger charge is 2.29. The maximum absolute atomic E-state index is 5.43. The molecule has 0 unspecified atom stereocenters. The maximum Gasteiger partial charge on any atom is 0.243 e. The average Bonchev–Trinajstić information content (AvgIpc) is 3.09. The van der Waals surface area contributed by atoms with E-state index in [9.17, 15) is 0 Å². The second-order valence-electron chi connectivity index (χ2n) is 5.29. The van der Waals surface area contributed by atoms with Gasteiger partial charge >= 0.3 is 0 Å². The summed E-state index contributed by atoms with van der Waals surface area (Å²) in [5.41, 5.74) is 2.51. The molecule has 3 rings (SSSR count). The number of hydrogen-bond acceptors (Lipinski definition) is 7. The van der Waals surface area contributed by atoms with Crippen molar-refractivity contribution in [2.45, 2.75) is 38.1 Å². The normalized spacial score (nSPS) is 17.1. The van der Waals surface area contributed by atoms with Crippen LogP contribution in [0, 0.1) is 0 Å². The van der Waals surface area contributed by atoms with Crippen LogP contribution in [0.3, 0.4) is 0 Å². The van der Waals surface area contributed by atoms with E-state index < -0.39 is 0 Å². The smallest absolute Gasteiger partial charge is 0.243 e. The molecule has 4 N–H and O–H groups in total. The number of imidazole rings is 1. The van der Waals surface area contributed by atoms with Crippen molar-refractivity contribution in [1.82, 2.24) is 24.5 Å². The Kier molecular flexibility index (Phi) is 3.23. The Morgan fingerprint density at radius 1 is 1.20 bits per heavy atom. The Balaban J connectivity index is 1.92. The Morgan fingerprint density at radius 2 is 1.95 bits per heavy atom. The first-order chi connectivity index (χ1) is 9.68. The highest BCUT2D eigenvalue weighted by molar-refractivity contribution is 5.39. The number of anilines is 2. The molecule has 0 radical (unpaired) electrons. The summed E-state index contributed by atoms with van der Waals surface area (Å²) in [6, 6.07) is 0. The molecule has 0 atom stereocenters. The molecule has 2 aromatic rings. The highest BCUT2D eigenvalue weighted by Crippen LogP contribution is 2.31. The van der Waals surface area contributed by atoms with Crippen LogP contribution in [-0.2, 0) is 0 Å². The molecular weight excluding hydrogens is 256 g/mol. The van der Waals surface area contributed by atoms with Gasteiger partial charge in [0.25, 0.3) is 0 Å². The van der Waals surface area contributed by atoms with Crippen molar-refractivity contribution < 1.29 is 0 Å². The third-order valence-corrected chi connectivity index (χ3v) is 3.61. The van der Waals surface area contributed by atoms with Crippen LogP contribution in [0.4, 0.5) is 11.9 Å². The van der Waals surface area contributed by atoms with Crippen molar-refractivity contribution in [1.29, 1.82) is 0 Å². The Hall–Kier alpha value is -2.22. The van der Waals surface area contributed by atoms with Crippen molar-refractivity contribution in [3.05, 3.63) is 18.7 Å². The molecule has 20 heavy (non-hydrogen) atoms. The molecule has 0 spiro atoms. The highest BCUT2D eigenvalue weighted by atomic mass is 15.4. The maximum atomic E-state index is 5.43. The molecule has 8 heteroatoms. The molecule has 2 heterocycles. The summed E-state index contributed by atoms with van der Waals surface area (Å²) in [5.74, 6) is 6.76. The zero-order valence-electron chi connectivity index (χ0n) is 11.4. The van der Waals surface area contributed by atoms with Crippen LogP contribution in [0.5, 0.6) is 0 Å². The van der Waals surface area contributed by atoms with E-state index in [0.29, 0.717) is 17.8 Å². The number of hydrazine groups is 1. The van der Waals surface area contributed by atoms with Crippen LogP contribution in [0.1, 0.15) is 32.6 Å². The average molecular weight is 274 g/mol. The number of hydrogen-bond donors (Lipinski definition) is 3. The fraction of sp³-hybridized carbons (Fsp3) is 0.500. The van der Waals surface area contributed by atoms with Gasteiger partial charge in [-0.3, -0.25) is 9.99 Å². The zero-order valence-corrected chi connectivity index (χ0v) is 11.4. The molecule has 1 aliphatic rings. The van der Waals surface area contributed by atoms with Gasteiger partial charge in [-0.05, 0) is 19.8 Å². The molecule has 1 saturated carbocycles. The first-order valence-electron chi connectivity index (χ1n) is 6.68. The first kappa shape index (κ1) is 12.8. The molecule has 2 aromatic heterocycles. The summed E-state index contributed by atoms with van der Waals surface area (Å²) in [6.45, 7) is 2.19. The predicted molar refractivity (Wildman–Crippen MR) is 75.3 cm³/mol. The van der Waals surface area contributed by atoms with Gasteiger partial charge in [0.05, 0.1) is 0 Å². The number of nitrogens with two attached hydrogens (primary N) is 1.